The Morgan fingerprint density at radius 1 is 1.16 bits per heavy atom. The number of carboxylic acids is 2. The molecule has 19 heavy (non-hydrogen) atoms. The second kappa shape index (κ2) is 10.7. The molecule has 2 rings (SSSR count). The van der Waals surface area contributed by atoms with Crippen molar-refractivity contribution in [3.8, 4) is 0 Å². The van der Waals surface area contributed by atoms with Crippen LogP contribution in [-0.2, 0) is 0 Å². The van der Waals surface area contributed by atoms with Gasteiger partial charge >= 0.3 is 41.5 Å². The zero-order chi connectivity index (χ0) is 12.7. The summed E-state index contributed by atoms with van der Waals surface area (Å²) in [6.07, 6.45) is 1.77. The van der Waals surface area contributed by atoms with Crippen molar-refractivity contribution in [2.75, 3.05) is 0 Å². The Kier molecular flexibility index (Phi) is 11.3. The minimum absolute atomic E-state index is 0. The molecule has 0 saturated heterocycles. The van der Waals surface area contributed by atoms with Crippen molar-refractivity contribution in [3.63, 3.8) is 0 Å². The van der Waals surface area contributed by atoms with E-state index in [0.717, 1.165) is 6.07 Å². The second-order valence-corrected chi connectivity index (χ2v) is 3.62. The van der Waals surface area contributed by atoms with Crippen molar-refractivity contribution in [2.24, 2.45) is 0 Å². The molecule has 8 heteroatoms. The topological polar surface area (TPSA) is 119 Å². The molecule has 0 aliphatic rings. The predicted molar refractivity (Wildman–Crippen MR) is 67.2 cm³/mol. The van der Waals surface area contributed by atoms with E-state index >= 15 is 0 Å². The molecular weight excluding hydrogens is 281 g/mol. The van der Waals surface area contributed by atoms with Crippen LogP contribution in [-0.4, -0.2) is 32.6 Å². The second-order valence-electron chi connectivity index (χ2n) is 2.87. The first-order valence-electron chi connectivity index (χ1n) is 4.50. The molecular formula is C11H12NNaO5S. The SMILES string of the molecule is O.O=C(O)c1cccc(C(=O)O)c1.[H-].[Na+].c1cscn1. The first kappa shape index (κ1) is 20.1. The average Bonchev–Trinajstić information content (AvgIpc) is 2.87. The molecule has 0 spiro atoms. The fraction of sp³-hybridized carbons (Fsp3) is 0. The summed E-state index contributed by atoms with van der Waals surface area (Å²) < 4.78 is 0. The van der Waals surface area contributed by atoms with Crippen molar-refractivity contribution in [1.82, 2.24) is 4.98 Å². The van der Waals surface area contributed by atoms with Crippen LogP contribution >= 0.6 is 11.3 Å². The number of aromatic carboxylic acids is 2. The van der Waals surface area contributed by atoms with Crippen molar-refractivity contribution in [1.29, 1.82) is 0 Å². The normalized spacial score (nSPS) is 8.00. The Labute approximate surface area is 136 Å². The number of hydrogen-bond donors (Lipinski definition) is 2. The molecule has 1 aromatic carbocycles. The number of hydrogen-bond acceptors (Lipinski definition) is 4. The summed E-state index contributed by atoms with van der Waals surface area (Å²) in [7, 11) is 0. The summed E-state index contributed by atoms with van der Waals surface area (Å²) in [6, 6.07) is 5.20. The molecule has 98 valence electrons. The Hall–Kier alpha value is -1.25. The van der Waals surface area contributed by atoms with Crippen LogP contribution in [0.4, 0.5) is 0 Å². The van der Waals surface area contributed by atoms with Gasteiger partial charge in [0.1, 0.15) is 0 Å². The first-order valence-corrected chi connectivity index (χ1v) is 5.44. The van der Waals surface area contributed by atoms with Crippen molar-refractivity contribution in [2.45, 2.75) is 0 Å². The molecule has 0 amide bonds. The van der Waals surface area contributed by atoms with Gasteiger partial charge in [-0.15, -0.1) is 11.3 Å². The summed E-state index contributed by atoms with van der Waals surface area (Å²) >= 11 is 1.60. The largest absolute Gasteiger partial charge is 1.00 e. The van der Waals surface area contributed by atoms with E-state index in [9.17, 15) is 9.59 Å². The quantitative estimate of drug-likeness (QED) is 0.654. The zero-order valence-electron chi connectivity index (χ0n) is 11.1. The van der Waals surface area contributed by atoms with Crippen LogP contribution in [0.15, 0.2) is 41.4 Å². The fourth-order valence-corrected chi connectivity index (χ4v) is 1.31. The van der Waals surface area contributed by atoms with E-state index < -0.39 is 11.9 Å². The van der Waals surface area contributed by atoms with Gasteiger partial charge in [-0.1, -0.05) is 6.07 Å². The third-order valence-corrected chi connectivity index (χ3v) is 2.23. The van der Waals surface area contributed by atoms with Crippen molar-refractivity contribution < 1.29 is 56.3 Å². The molecule has 0 saturated carbocycles. The third kappa shape index (κ3) is 7.70. The van der Waals surface area contributed by atoms with Gasteiger partial charge in [0.25, 0.3) is 0 Å². The van der Waals surface area contributed by atoms with Gasteiger partial charge in [0.15, 0.2) is 0 Å². The molecule has 4 N–H and O–H groups in total. The van der Waals surface area contributed by atoms with Gasteiger partial charge in [0.2, 0.25) is 0 Å². The third-order valence-electron chi connectivity index (χ3n) is 1.70. The number of rotatable bonds is 2. The van der Waals surface area contributed by atoms with Gasteiger partial charge in [0.05, 0.1) is 16.6 Å². The molecule has 2 aromatic rings. The van der Waals surface area contributed by atoms with Gasteiger partial charge in [-0.25, -0.2) is 9.59 Å². The summed E-state index contributed by atoms with van der Waals surface area (Å²) in [5.74, 6) is -2.25. The molecule has 0 radical (unpaired) electrons. The molecule has 0 aliphatic heterocycles. The Balaban J connectivity index is -0.000000312. The molecule has 0 fully saturated rings. The van der Waals surface area contributed by atoms with E-state index in [2.05, 4.69) is 4.98 Å². The van der Waals surface area contributed by atoms with Crippen LogP contribution in [0.25, 0.3) is 0 Å². The summed E-state index contributed by atoms with van der Waals surface area (Å²) in [4.78, 5) is 24.5. The fourth-order valence-electron chi connectivity index (χ4n) is 0.961. The monoisotopic (exact) mass is 293 g/mol. The van der Waals surface area contributed by atoms with E-state index in [0.29, 0.717) is 0 Å². The standard InChI is InChI=1S/C8H6O4.C3H3NS.Na.H2O.H/c9-7(10)5-2-1-3-6(4-5)8(11)12;1-2-5-3-4-1;;;/h1-4H,(H,9,10)(H,11,12);1-3H;;1H2;/q;;+1;;-1. The molecule has 1 aromatic heterocycles. The number of carboxylic acid groups (broad SMARTS) is 2. The Morgan fingerprint density at radius 3 is 1.95 bits per heavy atom. The molecule has 0 aliphatic carbocycles. The van der Waals surface area contributed by atoms with Gasteiger partial charge in [0, 0.05) is 11.6 Å². The van der Waals surface area contributed by atoms with Crippen LogP contribution in [0.2, 0.25) is 0 Å². The van der Waals surface area contributed by atoms with Gasteiger partial charge in [-0.05, 0) is 18.2 Å². The summed E-state index contributed by atoms with van der Waals surface area (Å²) in [5, 5.41) is 18.9. The maximum atomic E-state index is 10.4. The molecule has 6 nitrogen and oxygen atoms in total. The summed E-state index contributed by atoms with van der Waals surface area (Å²) in [5.41, 5.74) is 1.75. The molecule has 0 atom stereocenters. The molecule has 0 bridgehead atoms. The first-order chi connectivity index (χ1) is 8.11. The molecule has 1 heterocycles. The van der Waals surface area contributed by atoms with Crippen LogP contribution < -0.4 is 29.6 Å². The smallest absolute Gasteiger partial charge is 1.00 e. The zero-order valence-corrected chi connectivity index (χ0v) is 12.9. The minimum Gasteiger partial charge on any atom is -1.00 e. The van der Waals surface area contributed by atoms with E-state index in [1.54, 1.807) is 23.0 Å². The maximum absolute atomic E-state index is 10.4. The van der Waals surface area contributed by atoms with Gasteiger partial charge in [-0.3, -0.25) is 4.98 Å². The van der Waals surface area contributed by atoms with E-state index in [-0.39, 0.29) is 47.6 Å². The molecule has 0 unspecified atom stereocenters. The van der Waals surface area contributed by atoms with E-state index in [4.69, 9.17) is 10.2 Å². The maximum Gasteiger partial charge on any atom is 1.00 e. The van der Waals surface area contributed by atoms with Crippen LogP contribution in [0, 0.1) is 0 Å². The van der Waals surface area contributed by atoms with Crippen molar-refractivity contribution in [3.05, 3.63) is 52.5 Å². The minimum atomic E-state index is -1.13. The summed E-state index contributed by atoms with van der Waals surface area (Å²) in [6.45, 7) is 0. The Bertz CT molecular complexity index is 463. The number of thiazole rings is 1. The van der Waals surface area contributed by atoms with Crippen LogP contribution in [0.3, 0.4) is 0 Å². The van der Waals surface area contributed by atoms with Crippen LogP contribution in [0.5, 0.6) is 0 Å². The number of aromatic nitrogens is 1. The van der Waals surface area contributed by atoms with Crippen molar-refractivity contribution >= 4 is 23.3 Å². The average molecular weight is 293 g/mol. The predicted octanol–water partition coefficient (Wildman–Crippen LogP) is -1.48. The van der Waals surface area contributed by atoms with E-state index in [1.165, 1.54) is 18.2 Å². The number of nitrogens with zero attached hydrogens (tertiary/aromatic N) is 1. The Morgan fingerprint density at radius 2 is 1.68 bits per heavy atom. The van der Waals surface area contributed by atoms with Gasteiger partial charge < -0.3 is 17.1 Å². The number of carbonyl (C=O) groups is 2. The van der Waals surface area contributed by atoms with Crippen LogP contribution in [0.1, 0.15) is 22.1 Å². The number of benzene rings is 1. The van der Waals surface area contributed by atoms with E-state index in [1.807, 2.05) is 5.38 Å². The van der Waals surface area contributed by atoms with Gasteiger partial charge in [-0.2, -0.15) is 0 Å².